The van der Waals surface area contributed by atoms with E-state index in [2.05, 4.69) is 10.2 Å². The summed E-state index contributed by atoms with van der Waals surface area (Å²) < 4.78 is 0. The van der Waals surface area contributed by atoms with E-state index >= 15 is 0 Å². The number of para-hydroxylation sites is 2. The maximum absolute atomic E-state index is 12.8. The monoisotopic (exact) mass is 487 g/mol. The van der Waals surface area contributed by atoms with Crippen molar-refractivity contribution in [2.24, 2.45) is 0 Å². The average Bonchev–Trinajstić information content (AvgIpc) is 2.79. The fourth-order valence-corrected chi connectivity index (χ4v) is 4.26. The van der Waals surface area contributed by atoms with E-state index in [0.29, 0.717) is 58.1 Å². The molecule has 4 rings (SSSR count). The minimum atomic E-state index is -0.310. The highest BCUT2D eigenvalue weighted by atomic mass is 35.5. The SMILES string of the molecule is O=C(Nc1ccccc1N1CCN(C(=O)c2ccc(Cl)cc2)CC1)c1ccc(Cl)cc1Cl. The first-order valence-corrected chi connectivity index (χ1v) is 11.2. The first-order valence-electron chi connectivity index (χ1n) is 10.1. The number of anilines is 2. The Labute approximate surface area is 201 Å². The fourth-order valence-electron chi connectivity index (χ4n) is 3.64. The number of piperazine rings is 1. The van der Waals surface area contributed by atoms with Crippen molar-refractivity contribution >= 4 is 58.0 Å². The zero-order valence-electron chi connectivity index (χ0n) is 17.0. The Balaban J connectivity index is 1.45. The number of nitrogens with zero attached hydrogens (tertiary/aromatic N) is 2. The molecule has 32 heavy (non-hydrogen) atoms. The fraction of sp³-hybridized carbons (Fsp3) is 0.167. The van der Waals surface area contributed by atoms with Gasteiger partial charge in [-0.25, -0.2) is 0 Å². The molecule has 0 spiro atoms. The molecule has 3 aromatic rings. The summed E-state index contributed by atoms with van der Waals surface area (Å²) in [7, 11) is 0. The lowest BCUT2D eigenvalue weighted by molar-refractivity contribution is 0.0746. The van der Waals surface area contributed by atoms with E-state index in [4.69, 9.17) is 34.8 Å². The second-order valence-corrected chi connectivity index (χ2v) is 8.66. The third-order valence-electron chi connectivity index (χ3n) is 5.33. The smallest absolute Gasteiger partial charge is 0.257 e. The predicted molar refractivity (Wildman–Crippen MR) is 130 cm³/mol. The molecular formula is C24H20Cl3N3O2. The Morgan fingerprint density at radius 1 is 0.781 bits per heavy atom. The standard InChI is InChI=1S/C24H20Cl3N3O2/c25-17-7-5-16(6-8-17)24(32)30-13-11-29(12-14-30)22-4-2-1-3-21(22)28-23(31)19-10-9-18(26)15-20(19)27/h1-10,15H,11-14H2,(H,28,31). The van der Waals surface area contributed by atoms with Crippen LogP contribution in [0.3, 0.4) is 0 Å². The molecule has 1 N–H and O–H groups in total. The predicted octanol–water partition coefficient (Wildman–Crippen LogP) is 5.86. The van der Waals surface area contributed by atoms with Crippen LogP contribution in [0.25, 0.3) is 0 Å². The van der Waals surface area contributed by atoms with Crippen LogP contribution in [-0.4, -0.2) is 42.9 Å². The lowest BCUT2D eigenvalue weighted by Crippen LogP contribution is -2.49. The summed E-state index contributed by atoms with van der Waals surface area (Å²) in [5.41, 5.74) is 2.55. The van der Waals surface area contributed by atoms with Crippen LogP contribution in [0.5, 0.6) is 0 Å². The van der Waals surface area contributed by atoms with Gasteiger partial charge in [0.15, 0.2) is 0 Å². The van der Waals surface area contributed by atoms with Crippen LogP contribution < -0.4 is 10.2 Å². The molecule has 1 fully saturated rings. The summed E-state index contributed by atoms with van der Waals surface area (Å²) in [4.78, 5) is 29.5. The van der Waals surface area contributed by atoms with E-state index < -0.39 is 0 Å². The first-order chi connectivity index (χ1) is 15.4. The zero-order valence-corrected chi connectivity index (χ0v) is 19.3. The van der Waals surface area contributed by atoms with E-state index in [0.717, 1.165) is 5.69 Å². The van der Waals surface area contributed by atoms with Gasteiger partial charge in [0.2, 0.25) is 0 Å². The number of hydrogen-bond acceptors (Lipinski definition) is 3. The number of carbonyl (C=O) groups is 2. The summed E-state index contributed by atoms with van der Waals surface area (Å²) in [5.74, 6) is -0.323. The van der Waals surface area contributed by atoms with Crippen LogP contribution in [0.2, 0.25) is 15.1 Å². The Morgan fingerprint density at radius 2 is 1.44 bits per heavy atom. The molecule has 0 radical (unpaired) electrons. The van der Waals surface area contributed by atoms with Crippen molar-refractivity contribution in [1.82, 2.24) is 4.90 Å². The number of carbonyl (C=O) groups excluding carboxylic acids is 2. The van der Waals surface area contributed by atoms with Gasteiger partial charge in [-0.3, -0.25) is 9.59 Å². The Bertz CT molecular complexity index is 1140. The number of halogens is 3. The molecule has 2 amide bonds. The van der Waals surface area contributed by atoms with Gasteiger partial charge in [-0.1, -0.05) is 46.9 Å². The molecule has 8 heteroatoms. The lowest BCUT2D eigenvalue weighted by Gasteiger charge is -2.37. The van der Waals surface area contributed by atoms with Crippen LogP contribution in [0.15, 0.2) is 66.7 Å². The number of benzene rings is 3. The van der Waals surface area contributed by atoms with Crippen LogP contribution in [0.1, 0.15) is 20.7 Å². The van der Waals surface area contributed by atoms with Crippen molar-refractivity contribution in [2.75, 3.05) is 36.4 Å². The number of amides is 2. The molecule has 5 nitrogen and oxygen atoms in total. The van der Waals surface area contributed by atoms with E-state index in [1.54, 1.807) is 42.5 Å². The second-order valence-electron chi connectivity index (χ2n) is 7.38. The summed E-state index contributed by atoms with van der Waals surface area (Å²) in [6, 6.07) is 19.3. The molecule has 0 bridgehead atoms. The van der Waals surface area contributed by atoms with Crippen molar-refractivity contribution in [1.29, 1.82) is 0 Å². The zero-order chi connectivity index (χ0) is 22.7. The van der Waals surface area contributed by atoms with E-state index in [1.165, 1.54) is 0 Å². The van der Waals surface area contributed by atoms with Gasteiger partial charge in [0.25, 0.3) is 11.8 Å². The Morgan fingerprint density at radius 3 is 2.12 bits per heavy atom. The molecule has 0 aliphatic carbocycles. The number of hydrogen-bond donors (Lipinski definition) is 1. The quantitative estimate of drug-likeness (QED) is 0.500. The lowest BCUT2D eigenvalue weighted by atomic mass is 10.1. The molecule has 1 aliphatic rings. The van der Waals surface area contributed by atoms with Gasteiger partial charge in [-0.05, 0) is 54.6 Å². The van der Waals surface area contributed by atoms with E-state index in [-0.39, 0.29) is 11.8 Å². The average molecular weight is 489 g/mol. The molecule has 3 aromatic carbocycles. The minimum Gasteiger partial charge on any atom is -0.366 e. The summed E-state index contributed by atoms with van der Waals surface area (Å²) >= 11 is 18.0. The molecule has 164 valence electrons. The van der Waals surface area contributed by atoms with Gasteiger partial charge < -0.3 is 15.1 Å². The molecule has 1 saturated heterocycles. The second kappa shape index (κ2) is 9.82. The maximum atomic E-state index is 12.8. The molecule has 1 heterocycles. The third-order valence-corrected chi connectivity index (χ3v) is 6.13. The Hall–Kier alpha value is -2.73. The highest BCUT2D eigenvalue weighted by Crippen LogP contribution is 2.29. The van der Waals surface area contributed by atoms with Gasteiger partial charge in [0.1, 0.15) is 0 Å². The molecule has 1 aliphatic heterocycles. The summed E-state index contributed by atoms with van der Waals surface area (Å²) in [6.07, 6.45) is 0. The maximum Gasteiger partial charge on any atom is 0.257 e. The largest absolute Gasteiger partial charge is 0.366 e. The van der Waals surface area contributed by atoms with Crippen LogP contribution in [-0.2, 0) is 0 Å². The highest BCUT2D eigenvalue weighted by molar-refractivity contribution is 6.37. The van der Waals surface area contributed by atoms with Gasteiger partial charge >= 0.3 is 0 Å². The molecule has 0 unspecified atom stereocenters. The van der Waals surface area contributed by atoms with Crippen molar-refractivity contribution < 1.29 is 9.59 Å². The van der Waals surface area contributed by atoms with Crippen molar-refractivity contribution in [3.8, 4) is 0 Å². The normalized spacial score (nSPS) is 13.7. The van der Waals surface area contributed by atoms with Crippen LogP contribution in [0, 0.1) is 0 Å². The van der Waals surface area contributed by atoms with Gasteiger partial charge in [0.05, 0.1) is 22.0 Å². The van der Waals surface area contributed by atoms with Gasteiger partial charge in [0, 0.05) is 41.8 Å². The number of rotatable bonds is 4. The molecule has 0 aromatic heterocycles. The number of nitrogens with one attached hydrogen (secondary N) is 1. The summed E-state index contributed by atoms with van der Waals surface area (Å²) in [5, 5.41) is 4.31. The molecule has 0 saturated carbocycles. The molecular weight excluding hydrogens is 469 g/mol. The van der Waals surface area contributed by atoms with Crippen molar-refractivity contribution in [3.05, 3.63) is 92.9 Å². The van der Waals surface area contributed by atoms with E-state index in [1.807, 2.05) is 29.2 Å². The van der Waals surface area contributed by atoms with Crippen LogP contribution >= 0.6 is 34.8 Å². The minimum absolute atomic E-state index is 0.0136. The first kappa shape index (κ1) is 22.5. The van der Waals surface area contributed by atoms with E-state index in [9.17, 15) is 9.59 Å². The van der Waals surface area contributed by atoms with Crippen LogP contribution in [0.4, 0.5) is 11.4 Å². The van der Waals surface area contributed by atoms with Gasteiger partial charge in [-0.15, -0.1) is 0 Å². The topological polar surface area (TPSA) is 52.7 Å². The third kappa shape index (κ3) is 5.01. The highest BCUT2D eigenvalue weighted by Gasteiger charge is 2.24. The Kier molecular flexibility index (Phi) is 6.89. The summed E-state index contributed by atoms with van der Waals surface area (Å²) in [6.45, 7) is 2.45. The molecule has 0 atom stereocenters. The van der Waals surface area contributed by atoms with Crippen molar-refractivity contribution in [2.45, 2.75) is 0 Å². The van der Waals surface area contributed by atoms with Crippen molar-refractivity contribution in [3.63, 3.8) is 0 Å². The van der Waals surface area contributed by atoms with Gasteiger partial charge in [-0.2, -0.15) is 0 Å².